The number of fused-ring (bicyclic) bond motifs is 1. The molecule has 16 heavy (non-hydrogen) atoms. The first-order valence-corrected chi connectivity index (χ1v) is 5.08. The van der Waals surface area contributed by atoms with Gasteiger partial charge in [0.15, 0.2) is 11.5 Å². The fraction of sp³-hybridized carbons (Fsp3) is 0.250. The molecule has 0 fully saturated rings. The summed E-state index contributed by atoms with van der Waals surface area (Å²) in [6.45, 7) is 2.37. The van der Waals surface area contributed by atoms with Gasteiger partial charge in [0.2, 0.25) is 5.76 Å². The molecule has 0 aromatic heterocycles. The highest BCUT2D eigenvalue weighted by atomic mass is 16.6. The number of benzene rings is 1. The molecule has 0 atom stereocenters. The smallest absolute Gasteiger partial charge is 0.374 e. The number of rotatable bonds is 2. The molecule has 1 aromatic carbocycles. The quantitative estimate of drug-likeness (QED) is 0.714. The van der Waals surface area contributed by atoms with Crippen LogP contribution in [0.3, 0.4) is 0 Å². The van der Waals surface area contributed by atoms with Crippen LogP contribution in [0.25, 0.3) is 0 Å². The minimum Gasteiger partial charge on any atom is -0.485 e. The summed E-state index contributed by atoms with van der Waals surface area (Å²) in [4.78, 5) is 11.5. The molecule has 84 valence electrons. The van der Waals surface area contributed by atoms with Gasteiger partial charge in [0.25, 0.3) is 0 Å². The van der Waals surface area contributed by atoms with Crippen LogP contribution >= 0.6 is 0 Å². The van der Waals surface area contributed by atoms with Gasteiger partial charge in [-0.2, -0.15) is 0 Å². The molecule has 0 radical (unpaired) electrons. The summed E-state index contributed by atoms with van der Waals surface area (Å²) in [5, 5.41) is 0. The van der Waals surface area contributed by atoms with Gasteiger partial charge < -0.3 is 14.2 Å². The number of hydrogen-bond acceptors (Lipinski definition) is 4. The Morgan fingerprint density at radius 1 is 1.38 bits per heavy atom. The average Bonchev–Trinajstić information content (AvgIpc) is 2.51. The Morgan fingerprint density at radius 2 is 2.12 bits per heavy atom. The lowest BCUT2D eigenvalue weighted by molar-refractivity contribution is -0.141. The summed E-state index contributed by atoms with van der Waals surface area (Å²) < 4.78 is 15.7. The fourth-order valence-electron chi connectivity index (χ4n) is 1.35. The number of carbonyl (C=O) groups excluding carboxylic acids is 1. The third-order valence-electron chi connectivity index (χ3n) is 2.05. The summed E-state index contributed by atoms with van der Waals surface area (Å²) >= 11 is 0. The number of ether oxygens (including phenoxy) is 3. The van der Waals surface area contributed by atoms with Gasteiger partial charge in [-0.3, -0.25) is 0 Å². The first-order chi connectivity index (χ1) is 7.81. The Hall–Kier alpha value is -1.97. The summed E-state index contributed by atoms with van der Waals surface area (Å²) in [5.41, 5.74) is 0. The predicted octanol–water partition coefficient (Wildman–Crippen LogP) is 1.90. The molecule has 4 heteroatoms. The molecule has 1 aliphatic rings. The molecule has 0 bridgehead atoms. The van der Waals surface area contributed by atoms with Crippen molar-refractivity contribution in [3.63, 3.8) is 0 Å². The number of para-hydroxylation sites is 2. The third kappa shape index (κ3) is 2.16. The first kappa shape index (κ1) is 10.5. The zero-order chi connectivity index (χ0) is 11.4. The van der Waals surface area contributed by atoms with E-state index in [9.17, 15) is 4.79 Å². The van der Waals surface area contributed by atoms with Gasteiger partial charge in [-0.15, -0.1) is 0 Å². The molecule has 2 rings (SSSR count). The number of esters is 1. The highest BCUT2D eigenvalue weighted by molar-refractivity contribution is 5.87. The predicted molar refractivity (Wildman–Crippen MR) is 57.3 cm³/mol. The van der Waals surface area contributed by atoms with Crippen LogP contribution in [-0.4, -0.2) is 19.2 Å². The largest absolute Gasteiger partial charge is 0.485 e. The van der Waals surface area contributed by atoms with E-state index in [1.54, 1.807) is 25.1 Å². The molecule has 0 unspecified atom stereocenters. The Bertz CT molecular complexity index is 423. The van der Waals surface area contributed by atoms with Crippen LogP contribution in [0.15, 0.2) is 36.1 Å². The van der Waals surface area contributed by atoms with Gasteiger partial charge in [0.1, 0.15) is 6.61 Å². The molecular weight excluding hydrogens is 208 g/mol. The maximum atomic E-state index is 11.5. The van der Waals surface area contributed by atoms with E-state index in [1.807, 2.05) is 12.1 Å². The molecule has 0 saturated heterocycles. The average molecular weight is 220 g/mol. The molecule has 0 amide bonds. The van der Waals surface area contributed by atoms with Crippen molar-refractivity contribution in [2.45, 2.75) is 6.92 Å². The first-order valence-electron chi connectivity index (χ1n) is 5.08. The molecule has 1 aromatic rings. The monoisotopic (exact) mass is 220 g/mol. The minimum atomic E-state index is -0.470. The lowest BCUT2D eigenvalue weighted by Crippen LogP contribution is -2.12. The molecule has 0 saturated carbocycles. The van der Waals surface area contributed by atoms with Crippen molar-refractivity contribution in [2.75, 3.05) is 13.2 Å². The van der Waals surface area contributed by atoms with Crippen LogP contribution in [0.5, 0.6) is 11.5 Å². The summed E-state index contributed by atoms with van der Waals surface area (Å²) in [6.07, 6.45) is 1.57. The van der Waals surface area contributed by atoms with Crippen molar-refractivity contribution >= 4 is 5.97 Å². The van der Waals surface area contributed by atoms with Gasteiger partial charge in [-0.05, 0) is 19.1 Å². The zero-order valence-corrected chi connectivity index (χ0v) is 8.93. The van der Waals surface area contributed by atoms with Gasteiger partial charge in [-0.1, -0.05) is 12.1 Å². The highest BCUT2D eigenvalue weighted by Crippen LogP contribution is 2.30. The lowest BCUT2D eigenvalue weighted by Gasteiger charge is -2.08. The SMILES string of the molecule is CCOC(=O)C1=CCOc2ccccc2O1. The van der Waals surface area contributed by atoms with Gasteiger partial charge >= 0.3 is 5.97 Å². The highest BCUT2D eigenvalue weighted by Gasteiger charge is 2.18. The molecule has 1 aliphatic heterocycles. The Morgan fingerprint density at radius 3 is 2.88 bits per heavy atom. The van der Waals surface area contributed by atoms with Gasteiger partial charge in [0.05, 0.1) is 6.61 Å². The van der Waals surface area contributed by atoms with Crippen molar-refractivity contribution in [3.05, 3.63) is 36.1 Å². The Labute approximate surface area is 93.4 Å². The van der Waals surface area contributed by atoms with E-state index < -0.39 is 5.97 Å². The van der Waals surface area contributed by atoms with Crippen LogP contribution < -0.4 is 9.47 Å². The van der Waals surface area contributed by atoms with E-state index in [4.69, 9.17) is 14.2 Å². The molecule has 0 N–H and O–H groups in total. The molecule has 0 spiro atoms. The van der Waals surface area contributed by atoms with Crippen molar-refractivity contribution in [3.8, 4) is 11.5 Å². The topological polar surface area (TPSA) is 44.8 Å². The molecule has 1 heterocycles. The van der Waals surface area contributed by atoms with Gasteiger partial charge in [-0.25, -0.2) is 4.79 Å². The van der Waals surface area contributed by atoms with Crippen molar-refractivity contribution in [1.29, 1.82) is 0 Å². The lowest BCUT2D eigenvalue weighted by atomic mass is 10.3. The number of carbonyl (C=O) groups is 1. The maximum absolute atomic E-state index is 11.5. The third-order valence-corrected chi connectivity index (χ3v) is 2.05. The van der Waals surface area contributed by atoms with Crippen molar-refractivity contribution in [1.82, 2.24) is 0 Å². The summed E-state index contributed by atoms with van der Waals surface area (Å²) in [6, 6.07) is 7.19. The van der Waals surface area contributed by atoms with E-state index in [0.29, 0.717) is 24.7 Å². The van der Waals surface area contributed by atoms with Crippen molar-refractivity contribution < 1.29 is 19.0 Å². The second kappa shape index (κ2) is 4.70. The van der Waals surface area contributed by atoms with E-state index >= 15 is 0 Å². The van der Waals surface area contributed by atoms with Crippen LogP contribution in [0.4, 0.5) is 0 Å². The zero-order valence-electron chi connectivity index (χ0n) is 8.93. The molecule has 0 aliphatic carbocycles. The van der Waals surface area contributed by atoms with E-state index in [-0.39, 0.29) is 5.76 Å². The number of hydrogen-bond donors (Lipinski definition) is 0. The van der Waals surface area contributed by atoms with Crippen LogP contribution in [0.2, 0.25) is 0 Å². The Kier molecular flexibility index (Phi) is 3.10. The summed E-state index contributed by atoms with van der Waals surface area (Å²) in [7, 11) is 0. The molecule has 4 nitrogen and oxygen atoms in total. The van der Waals surface area contributed by atoms with Gasteiger partial charge in [0, 0.05) is 6.08 Å². The van der Waals surface area contributed by atoms with Crippen molar-refractivity contribution in [2.24, 2.45) is 0 Å². The second-order valence-electron chi connectivity index (χ2n) is 3.15. The maximum Gasteiger partial charge on any atom is 0.374 e. The van der Waals surface area contributed by atoms with E-state index in [1.165, 1.54) is 0 Å². The van der Waals surface area contributed by atoms with E-state index in [2.05, 4.69) is 0 Å². The van der Waals surface area contributed by atoms with Crippen LogP contribution in [0.1, 0.15) is 6.92 Å². The fourth-order valence-corrected chi connectivity index (χ4v) is 1.35. The van der Waals surface area contributed by atoms with Crippen LogP contribution in [0, 0.1) is 0 Å². The van der Waals surface area contributed by atoms with E-state index in [0.717, 1.165) is 0 Å². The normalized spacial score (nSPS) is 13.7. The Balaban J connectivity index is 2.20. The van der Waals surface area contributed by atoms with Crippen LogP contribution in [-0.2, 0) is 9.53 Å². The standard InChI is InChI=1S/C12H12O4/c1-2-14-12(13)11-7-8-15-9-5-3-4-6-10(9)16-11/h3-7H,2,8H2,1H3. The minimum absolute atomic E-state index is 0.173. The molecular formula is C12H12O4. The second-order valence-corrected chi connectivity index (χ2v) is 3.15. The summed E-state index contributed by atoms with van der Waals surface area (Å²) in [5.74, 6) is 0.854.